The predicted molar refractivity (Wildman–Crippen MR) is 100 cm³/mol. The number of hydrogen-bond acceptors (Lipinski definition) is 5. The number of nitrogens with two attached hydrogens (primary N) is 1. The van der Waals surface area contributed by atoms with Crippen molar-refractivity contribution in [2.75, 3.05) is 0 Å². The molecule has 1 aliphatic carbocycles. The van der Waals surface area contributed by atoms with Crippen molar-refractivity contribution >= 4 is 5.65 Å². The van der Waals surface area contributed by atoms with Crippen molar-refractivity contribution in [3.05, 3.63) is 75.4 Å². The van der Waals surface area contributed by atoms with Crippen molar-refractivity contribution in [3.63, 3.8) is 0 Å². The highest BCUT2D eigenvalue weighted by Crippen LogP contribution is 2.35. The van der Waals surface area contributed by atoms with Crippen LogP contribution in [-0.4, -0.2) is 25.2 Å². The molecule has 0 amide bonds. The fraction of sp³-hybridized carbons (Fsp3) is 0.250. The van der Waals surface area contributed by atoms with Gasteiger partial charge < -0.3 is 14.6 Å². The van der Waals surface area contributed by atoms with Gasteiger partial charge in [-0.25, -0.2) is 22.9 Å². The molecule has 0 fully saturated rings. The SMILES string of the molecule is Cn1nc(-c2ccn3c4c(nc3c2)C[C@H](c2cc(F)c(F)cc2F)[C@@H](N)C4)oc1=O. The van der Waals surface area contributed by atoms with Gasteiger partial charge in [-0.3, -0.25) is 0 Å². The number of pyridine rings is 1. The summed E-state index contributed by atoms with van der Waals surface area (Å²) in [6.45, 7) is 0. The zero-order chi connectivity index (χ0) is 21.2. The summed E-state index contributed by atoms with van der Waals surface area (Å²) in [7, 11) is 1.49. The Morgan fingerprint density at radius 2 is 1.90 bits per heavy atom. The van der Waals surface area contributed by atoms with Crippen molar-refractivity contribution in [1.29, 1.82) is 0 Å². The van der Waals surface area contributed by atoms with Gasteiger partial charge in [0.1, 0.15) is 11.5 Å². The van der Waals surface area contributed by atoms with Crippen molar-refractivity contribution in [2.45, 2.75) is 24.8 Å². The number of fused-ring (bicyclic) bond motifs is 3. The molecule has 1 aromatic carbocycles. The number of nitrogens with zero attached hydrogens (tertiary/aromatic N) is 4. The number of halogens is 3. The average Bonchev–Trinajstić information content (AvgIpc) is 3.23. The number of hydrogen-bond donors (Lipinski definition) is 1. The van der Waals surface area contributed by atoms with Crippen molar-refractivity contribution in [3.8, 4) is 11.5 Å². The topological polar surface area (TPSA) is 91.3 Å². The Morgan fingerprint density at radius 1 is 1.13 bits per heavy atom. The number of aromatic nitrogens is 4. The molecule has 0 aliphatic heterocycles. The Balaban J connectivity index is 1.55. The molecular weight excluding hydrogens is 399 g/mol. The van der Waals surface area contributed by atoms with E-state index in [4.69, 9.17) is 10.2 Å². The van der Waals surface area contributed by atoms with Crippen LogP contribution in [0.1, 0.15) is 22.9 Å². The summed E-state index contributed by atoms with van der Waals surface area (Å²) in [5, 5.41) is 4.03. The lowest BCUT2D eigenvalue weighted by atomic mass is 9.80. The summed E-state index contributed by atoms with van der Waals surface area (Å²) < 4.78 is 49.4. The second-order valence-corrected chi connectivity index (χ2v) is 7.41. The smallest absolute Gasteiger partial charge is 0.388 e. The number of imidazole rings is 1. The molecule has 10 heteroatoms. The van der Waals surface area contributed by atoms with E-state index in [1.54, 1.807) is 18.3 Å². The minimum atomic E-state index is -1.23. The largest absolute Gasteiger partial charge is 0.437 e. The lowest BCUT2D eigenvalue weighted by molar-refractivity contribution is 0.446. The van der Waals surface area contributed by atoms with E-state index >= 15 is 0 Å². The molecule has 0 radical (unpaired) electrons. The van der Waals surface area contributed by atoms with Gasteiger partial charge in [-0.05, 0) is 30.2 Å². The van der Waals surface area contributed by atoms with E-state index in [2.05, 4.69) is 10.1 Å². The first kappa shape index (κ1) is 18.6. The minimum absolute atomic E-state index is 0.0417. The van der Waals surface area contributed by atoms with Crippen LogP contribution in [0, 0.1) is 17.5 Å². The van der Waals surface area contributed by atoms with Crippen LogP contribution in [0.15, 0.2) is 39.7 Å². The molecule has 1 aliphatic rings. The molecule has 0 saturated carbocycles. The summed E-state index contributed by atoms with van der Waals surface area (Å²) in [6.07, 6.45) is 2.45. The molecular formula is C20H16F3N5O2. The third-order valence-electron chi connectivity index (χ3n) is 5.54. The third-order valence-corrected chi connectivity index (χ3v) is 5.54. The zero-order valence-electron chi connectivity index (χ0n) is 15.8. The van der Waals surface area contributed by atoms with Gasteiger partial charge in [-0.1, -0.05) is 0 Å². The first-order chi connectivity index (χ1) is 14.3. The van der Waals surface area contributed by atoms with E-state index in [1.807, 2.05) is 4.40 Å². The molecule has 3 aromatic heterocycles. The third kappa shape index (κ3) is 2.83. The molecule has 7 nitrogen and oxygen atoms in total. The molecule has 3 heterocycles. The van der Waals surface area contributed by atoms with E-state index in [0.717, 1.165) is 16.4 Å². The summed E-state index contributed by atoms with van der Waals surface area (Å²) >= 11 is 0. The van der Waals surface area contributed by atoms with Gasteiger partial charge in [-0.15, -0.1) is 5.10 Å². The van der Waals surface area contributed by atoms with Crippen LogP contribution in [0.4, 0.5) is 13.2 Å². The van der Waals surface area contributed by atoms with Crippen LogP contribution >= 0.6 is 0 Å². The van der Waals surface area contributed by atoms with Crippen molar-refractivity contribution in [1.82, 2.24) is 19.2 Å². The molecule has 4 aromatic rings. The van der Waals surface area contributed by atoms with E-state index in [1.165, 1.54) is 7.05 Å². The quantitative estimate of drug-likeness (QED) is 0.508. The fourth-order valence-electron chi connectivity index (χ4n) is 4.01. The standard InChI is InChI=1S/C20H16F3N5O2/c1-27-20(29)30-19(26-27)9-2-3-28-17-8-15(24)11(6-16(17)25-18(28)4-9)10-5-13(22)14(23)7-12(10)21/h2-5,7,11,15H,6,8,24H2,1H3/t11-,15+/m1/s1. The molecule has 0 bridgehead atoms. The summed E-state index contributed by atoms with van der Waals surface area (Å²) in [6, 6.07) is 4.39. The van der Waals surface area contributed by atoms with E-state index in [-0.39, 0.29) is 17.9 Å². The lowest BCUT2D eigenvalue weighted by Crippen LogP contribution is -2.37. The summed E-state index contributed by atoms with van der Waals surface area (Å²) in [4.78, 5) is 16.1. The number of rotatable bonds is 2. The molecule has 5 rings (SSSR count). The van der Waals surface area contributed by atoms with Gasteiger partial charge in [0.15, 0.2) is 11.6 Å². The maximum absolute atomic E-state index is 14.3. The Hall–Kier alpha value is -3.40. The normalized spacial score (nSPS) is 18.7. The van der Waals surface area contributed by atoms with E-state index in [9.17, 15) is 18.0 Å². The van der Waals surface area contributed by atoms with Gasteiger partial charge in [0, 0.05) is 48.9 Å². The van der Waals surface area contributed by atoms with Crippen LogP contribution in [-0.2, 0) is 19.9 Å². The Labute approximate surface area is 167 Å². The van der Waals surface area contributed by atoms with Gasteiger partial charge in [0.05, 0.1) is 5.69 Å². The molecule has 2 atom stereocenters. The predicted octanol–water partition coefficient (Wildman–Crippen LogP) is 2.32. The molecule has 0 unspecified atom stereocenters. The van der Waals surface area contributed by atoms with Gasteiger partial charge >= 0.3 is 5.76 Å². The van der Waals surface area contributed by atoms with Crippen LogP contribution in [0.5, 0.6) is 0 Å². The zero-order valence-corrected chi connectivity index (χ0v) is 15.8. The Kier molecular flexibility index (Phi) is 4.07. The van der Waals surface area contributed by atoms with Gasteiger partial charge in [-0.2, -0.15) is 4.68 Å². The van der Waals surface area contributed by atoms with Gasteiger partial charge in [0.2, 0.25) is 5.89 Å². The Morgan fingerprint density at radius 3 is 2.63 bits per heavy atom. The molecule has 2 N–H and O–H groups in total. The minimum Gasteiger partial charge on any atom is -0.388 e. The maximum atomic E-state index is 14.3. The van der Waals surface area contributed by atoms with Crippen LogP contribution < -0.4 is 11.5 Å². The second-order valence-electron chi connectivity index (χ2n) is 7.41. The second kappa shape index (κ2) is 6.56. The lowest BCUT2D eigenvalue weighted by Gasteiger charge is -2.29. The van der Waals surface area contributed by atoms with Crippen molar-refractivity contribution in [2.24, 2.45) is 12.8 Å². The highest BCUT2D eigenvalue weighted by Gasteiger charge is 2.33. The Bertz CT molecular complexity index is 1360. The molecule has 0 spiro atoms. The maximum Gasteiger partial charge on any atom is 0.437 e. The highest BCUT2D eigenvalue weighted by atomic mass is 19.2. The van der Waals surface area contributed by atoms with Crippen molar-refractivity contribution < 1.29 is 17.6 Å². The monoisotopic (exact) mass is 415 g/mol. The fourth-order valence-corrected chi connectivity index (χ4v) is 4.01. The van der Waals surface area contributed by atoms with Crippen LogP contribution in [0.25, 0.3) is 17.1 Å². The molecule has 0 saturated heterocycles. The summed E-state index contributed by atoms with van der Waals surface area (Å²) in [5.74, 6) is -4.11. The number of aryl methyl sites for hydroxylation is 1. The molecule has 30 heavy (non-hydrogen) atoms. The van der Waals surface area contributed by atoms with Crippen LogP contribution in [0.3, 0.4) is 0 Å². The highest BCUT2D eigenvalue weighted by molar-refractivity contribution is 5.61. The average molecular weight is 415 g/mol. The first-order valence-electron chi connectivity index (χ1n) is 9.26. The van der Waals surface area contributed by atoms with Gasteiger partial charge in [0.25, 0.3) is 0 Å². The van der Waals surface area contributed by atoms with Crippen LogP contribution in [0.2, 0.25) is 0 Å². The first-order valence-corrected chi connectivity index (χ1v) is 9.26. The van der Waals surface area contributed by atoms with E-state index < -0.39 is 35.2 Å². The number of benzene rings is 1. The molecule has 154 valence electrons. The summed E-state index contributed by atoms with van der Waals surface area (Å²) in [5.41, 5.74) is 9.06. The van der Waals surface area contributed by atoms with E-state index in [0.29, 0.717) is 29.4 Å².